The maximum absolute atomic E-state index is 12.5. The van der Waals surface area contributed by atoms with Crippen LogP contribution >= 0.6 is 0 Å². The first kappa shape index (κ1) is 25.5. The van der Waals surface area contributed by atoms with Crippen LogP contribution in [0.15, 0.2) is 17.7 Å². The van der Waals surface area contributed by atoms with Crippen molar-refractivity contribution in [3.63, 3.8) is 0 Å². The maximum Gasteiger partial charge on any atom is 0.254 e. The second-order valence-corrected chi connectivity index (χ2v) is 8.50. The molecule has 0 radical (unpaired) electrons. The number of unbranched alkanes of at least 4 members (excludes halogenated alkanes) is 3. The van der Waals surface area contributed by atoms with Crippen LogP contribution in [0.5, 0.6) is 11.5 Å². The third kappa shape index (κ3) is 8.47. The number of ether oxygens (including phenoxy) is 2. The Balaban J connectivity index is 3.05. The first-order valence-corrected chi connectivity index (χ1v) is 10.7. The highest BCUT2D eigenvalue weighted by molar-refractivity contribution is 6.14. The molecule has 6 heteroatoms. The Morgan fingerprint density at radius 3 is 2.47 bits per heavy atom. The van der Waals surface area contributed by atoms with E-state index in [1.54, 1.807) is 32.4 Å². The summed E-state index contributed by atoms with van der Waals surface area (Å²) >= 11 is 0. The standard InChI is InChI=1S/C24H38N2O4/c1-7-8-9-10-15-30-22-20(29-6)12-11-18(21(22)25-5)16-19(17-27)23(28)26-14-13-24(2,3)4/h11-12,16-17,25H,7-10,13-15H2,1-6H3,(H,26,28)/b19-16+. The zero-order chi connectivity index (χ0) is 22.6. The van der Waals surface area contributed by atoms with Gasteiger partial charge in [-0.2, -0.15) is 0 Å². The van der Waals surface area contributed by atoms with Crippen LogP contribution in [0.25, 0.3) is 6.08 Å². The fourth-order valence-electron chi connectivity index (χ4n) is 2.94. The zero-order valence-electron chi connectivity index (χ0n) is 19.4. The van der Waals surface area contributed by atoms with Crippen molar-refractivity contribution in [1.29, 1.82) is 0 Å². The molecule has 168 valence electrons. The topological polar surface area (TPSA) is 76.7 Å². The molecule has 0 aliphatic carbocycles. The first-order chi connectivity index (χ1) is 14.3. The number of rotatable bonds is 13. The van der Waals surface area contributed by atoms with Crippen molar-refractivity contribution in [3.8, 4) is 11.5 Å². The van der Waals surface area contributed by atoms with Crippen LogP contribution in [0.1, 0.15) is 65.4 Å². The number of anilines is 1. The average Bonchev–Trinajstić information content (AvgIpc) is 2.70. The molecule has 0 heterocycles. The summed E-state index contributed by atoms with van der Waals surface area (Å²) in [6.45, 7) is 9.58. The minimum atomic E-state index is -0.380. The number of amides is 1. The summed E-state index contributed by atoms with van der Waals surface area (Å²) in [4.78, 5) is 24.0. The summed E-state index contributed by atoms with van der Waals surface area (Å²) in [6.07, 6.45) is 7.39. The number of methoxy groups -OCH3 is 1. The second kappa shape index (κ2) is 12.9. The van der Waals surface area contributed by atoms with Gasteiger partial charge in [0.15, 0.2) is 17.8 Å². The van der Waals surface area contributed by atoms with E-state index in [0.717, 1.165) is 25.7 Å². The van der Waals surface area contributed by atoms with Crippen molar-refractivity contribution in [3.05, 3.63) is 23.3 Å². The molecular formula is C24H38N2O4. The van der Waals surface area contributed by atoms with Gasteiger partial charge in [-0.3, -0.25) is 9.59 Å². The van der Waals surface area contributed by atoms with Crippen LogP contribution in [0.4, 0.5) is 5.69 Å². The minimum absolute atomic E-state index is 0.0690. The Kier molecular flexibility index (Phi) is 11.0. The Morgan fingerprint density at radius 2 is 1.90 bits per heavy atom. The van der Waals surface area contributed by atoms with Crippen LogP contribution < -0.4 is 20.1 Å². The Labute approximate surface area is 181 Å². The number of hydrogen-bond acceptors (Lipinski definition) is 5. The summed E-state index contributed by atoms with van der Waals surface area (Å²) < 4.78 is 11.5. The fourth-order valence-corrected chi connectivity index (χ4v) is 2.94. The predicted molar refractivity (Wildman–Crippen MR) is 123 cm³/mol. The highest BCUT2D eigenvalue weighted by Gasteiger charge is 2.17. The lowest BCUT2D eigenvalue weighted by atomic mass is 9.92. The van der Waals surface area contributed by atoms with Gasteiger partial charge in [0, 0.05) is 19.2 Å². The van der Waals surface area contributed by atoms with E-state index < -0.39 is 0 Å². The summed E-state index contributed by atoms with van der Waals surface area (Å²) in [5.41, 5.74) is 1.55. The third-order valence-corrected chi connectivity index (χ3v) is 4.73. The molecule has 0 fully saturated rings. The van der Waals surface area contributed by atoms with Gasteiger partial charge < -0.3 is 20.1 Å². The summed E-state index contributed by atoms with van der Waals surface area (Å²) in [5.74, 6) is 0.812. The normalized spacial score (nSPS) is 11.7. The third-order valence-electron chi connectivity index (χ3n) is 4.73. The Morgan fingerprint density at radius 1 is 1.17 bits per heavy atom. The van der Waals surface area contributed by atoms with E-state index in [0.29, 0.717) is 42.2 Å². The molecule has 0 unspecified atom stereocenters. The van der Waals surface area contributed by atoms with Gasteiger partial charge in [0.25, 0.3) is 5.91 Å². The predicted octanol–water partition coefficient (Wildman–Crippen LogP) is 4.83. The maximum atomic E-state index is 12.5. The summed E-state index contributed by atoms with van der Waals surface area (Å²) in [6, 6.07) is 3.59. The van der Waals surface area contributed by atoms with Gasteiger partial charge >= 0.3 is 0 Å². The zero-order valence-corrected chi connectivity index (χ0v) is 19.4. The quantitative estimate of drug-likeness (QED) is 0.158. The molecule has 6 nitrogen and oxygen atoms in total. The van der Waals surface area contributed by atoms with E-state index in [1.807, 2.05) is 0 Å². The van der Waals surface area contributed by atoms with E-state index in [2.05, 4.69) is 38.3 Å². The molecule has 0 spiro atoms. The van der Waals surface area contributed by atoms with Gasteiger partial charge in [-0.05, 0) is 36.5 Å². The van der Waals surface area contributed by atoms with E-state index in [1.165, 1.54) is 6.42 Å². The average molecular weight is 419 g/mol. The molecule has 0 bridgehead atoms. The van der Waals surface area contributed by atoms with Crippen molar-refractivity contribution >= 4 is 24.0 Å². The molecule has 0 aromatic heterocycles. The molecule has 1 aromatic rings. The Bertz CT molecular complexity index is 721. The molecule has 0 atom stereocenters. The van der Waals surface area contributed by atoms with Crippen molar-refractivity contribution in [2.45, 2.75) is 59.8 Å². The largest absolute Gasteiger partial charge is 0.493 e. The van der Waals surface area contributed by atoms with Crippen LogP contribution in [0, 0.1) is 5.41 Å². The molecule has 0 saturated carbocycles. The van der Waals surface area contributed by atoms with Gasteiger partial charge in [-0.1, -0.05) is 47.0 Å². The van der Waals surface area contributed by atoms with Gasteiger partial charge in [0.05, 0.1) is 25.0 Å². The van der Waals surface area contributed by atoms with Crippen LogP contribution in [0.2, 0.25) is 0 Å². The molecule has 30 heavy (non-hydrogen) atoms. The minimum Gasteiger partial charge on any atom is -0.493 e. The first-order valence-electron chi connectivity index (χ1n) is 10.7. The molecule has 1 aromatic carbocycles. The van der Waals surface area contributed by atoms with E-state index in [9.17, 15) is 9.59 Å². The van der Waals surface area contributed by atoms with Crippen LogP contribution in [0.3, 0.4) is 0 Å². The molecule has 1 rings (SSSR count). The second-order valence-electron chi connectivity index (χ2n) is 8.50. The van der Waals surface area contributed by atoms with Gasteiger partial charge in [-0.15, -0.1) is 0 Å². The van der Waals surface area contributed by atoms with Gasteiger partial charge in [0.2, 0.25) is 0 Å². The van der Waals surface area contributed by atoms with Gasteiger partial charge in [0.1, 0.15) is 0 Å². The lowest BCUT2D eigenvalue weighted by Crippen LogP contribution is -2.28. The number of hydrogen-bond donors (Lipinski definition) is 2. The monoisotopic (exact) mass is 418 g/mol. The molecule has 0 aliphatic heterocycles. The van der Waals surface area contributed by atoms with Crippen molar-refractivity contribution in [2.75, 3.05) is 32.6 Å². The molecule has 0 saturated heterocycles. The van der Waals surface area contributed by atoms with E-state index in [4.69, 9.17) is 9.47 Å². The summed E-state index contributed by atoms with van der Waals surface area (Å²) in [7, 11) is 3.37. The molecular weight excluding hydrogens is 380 g/mol. The lowest BCUT2D eigenvalue weighted by Gasteiger charge is -2.18. The number of carbonyl (C=O) groups is 2. The van der Waals surface area contributed by atoms with E-state index >= 15 is 0 Å². The smallest absolute Gasteiger partial charge is 0.254 e. The lowest BCUT2D eigenvalue weighted by molar-refractivity contribution is -0.119. The molecule has 2 N–H and O–H groups in total. The molecule has 1 amide bonds. The summed E-state index contributed by atoms with van der Waals surface area (Å²) in [5, 5.41) is 5.95. The molecule has 0 aliphatic rings. The van der Waals surface area contributed by atoms with Crippen LogP contribution in [-0.4, -0.2) is 39.5 Å². The van der Waals surface area contributed by atoms with Crippen LogP contribution in [-0.2, 0) is 9.59 Å². The highest BCUT2D eigenvalue weighted by atomic mass is 16.5. The van der Waals surface area contributed by atoms with Crippen molar-refractivity contribution in [2.24, 2.45) is 5.41 Å². The van der Waals surface area contributed by atoms with Crippen molar-refractivity contribution < 1.29 is 19.1 Å². The number of nitrogens with one attached hydrogen (secondary N) is 2. The SMILES string of the molecule is CCCCCCOc1c(OC)ccc(/C=C(\C=O)C(=O)NCCC(C)(C)C)c1NC. The fraction of sp³-hybridized carbons (Fsp3) is 0.583. The number of benzene rings is 1. The van der Waals surface area contributed by atoms with E-state index in [-0.39, 0.29) is 16.9 Å². The number of carbonyl (C=O) groups excluding carboxylic acids is 2. The van der Waals surface area contributed by atoms with Gasteiger partial charge in [-0.25, -0.2) is 0 Å². The number of aldehydes is 1. The highest BCUT2D eigenvalue weighted by Crippen LogP contribution is 2.39. The van der Waals surface area contributed by atoms with Crippen molar-refractivity contribution in [1.82, 2.24) is 5.32 Å². The Hall–Kier alpha value is -2.50.